The molecular formula is C25H28FN5O2S. The van der Waals surface area contributed by atoms with Crippen LogP contribution >= 0.6 is 11.8 Å². The molecule has 0 saturated carbocycles. The van der Waals surface area contributed by atoms with Crippen LogP contribution in [0.3, 0.4) is 0 Å². The van der Waals surface area contributed by atoms with Crippen LogP contribution in [0.25, 0.3) is 11.4 Å². The molecule has 7 nitrogen and oxygen atoms in total. The second-order valence-corrected chi connectivity index (χ2v) is 9.55. The van der Waals surface area contributed by atoms with Crippen LogP contribution in [-0.4, -0.2) is 52.2 Å². The first-order chi connectivity index (χ1) is 16.7. The predicted molar refractivity (Wildman–Crippen MR) is 132 cm³/mol. The van der Waals surface area contributed by atoms with E-state index in [9.17, 15) is 9.18 Å². The summed E-state index contributed by atoms with van der Waals surface area (Å²) in [5.41, 5.74) is 2.68. The fourth-order valence-electron chi connectivity index (χ4n) is 4.49. The van der Waals surface area contributed by atoms with Crippen molar-refractivity contribution < 1.29 is 13.9 Å². The molecule has 0 radical (unpaired) electrons. The molecule has 2 saturated heterocycles. The summed E-state index contributed by atoms with van der Waals surface area (Å²) in [4.78, 5) is 15.2. The van der Waals surface area contributed by atoms with Gasteiger partial charge in [0.25, 0.3) is 0 Å². The molecule has 3 heterocycles. The maximum atomic E-state index is 13.4. The smallest absolute Gasteiger partial charge is 0.234 e. The molecule has 2 aromatic carbocycles. The third-order valence-electron chi connectivity index (χ3n) is 6.19. The monoisotopic (exact) mass is 481 g/mol. The van der Waals surface area contributed by atoms with E-state index in [-0.39, 0.29) is 23.6 Å². The van der Waals surface area contributed by atoms with Crippen LogP contribution in [0, 0.1) is 5.82 Å². The average molecular weight is 482 g/mol. The second-order valence-electron chi connectivity index (χ2n) is 8.61. The lowest BCUT2D eigenvalue weighted by atomic mass is 10.2. The number of para-hydroxylation sites is 2. The molecule has 34 heavy (non-hydrogen) atoms. The minimum absolute atomic E-state index is 0.0794. The summed E-state index contributed by atoms with van der Waals surface area (Å²) >= 11 is 1.35. The number of aromatic nitrogens is 3. The molecule has 0 aliphatic carbocycles. The van der Waals surface area contributed by atoms with E-state index < -0.39 is 0 Å². The van der Waals surface area contributed by atoms with E-state index in [2.05, 4.69) is 26.5 Å². The van der Waals surface area contributed by atoms with Gasteiger partial charge in [-0.25, -0.2) is 4.39 Å². The predicted octanol–water partition coefficient (Wildman–Crippen LogP) is 4.59. The van der Waals surface area contributed by atoms with Gasteiger partial charge in [0.15, 0.2) is 11.0 Å². The third-order valence-corrected chi connectivity index (χ3v) is 7.15. The molecule has 2 aliphatic rings. The van der Waals surface area contributed by atoms with Crippen molar-refractivity contribution >= 4 is 29.0 Å². The Morgan fingerprint density at radius 3 is 2.65 bits per heavy atom. The Bertz CT molecular complexity index is 1120. The van der Waals surface area contributed by atoms with Crippen LogP contribution in [0.4, 0.5) is 15.8 Å². The van der Waals surface area contributed by atoms with Crippen LogP contribution < -0.4 is 10.2 Å². The fraction of sp³-hybridized carbons (Fsp3) is 0.400. The fourth-order valence-corrected chi connectivity index (χ4v) is 5.24. The van der Waals surface area contributed by atoms with Crippen molar-refractivity contribution in [1.82, 2.24) is 14.8 Å². The quantitative estimate of drug-likeness (QED) is 0.475. The molecule has 0 bridgehead atoms. The number of halogens is 1. The molecule has 1 amide bonds. The van der Waals surface area contributed by atoms with E-state index in [1.165, 1.54) is 36.7 Å². The summed E-state index contributed by atoms with van der Waals surface area (Å²) in [7, 11) is 0. The lowest BCUT2D eigenvalue weighted by Gasteiger charge is -2.21. The number of nitrogens with one attached hydrogen (secondary N) is 1. The maximum Gasteiger partial charge on any atom is 0.234 e. The highest BCUT2D eigenvalue weighted by Crippen LogP contribution is 2.30. The van der Waals surface area contributed by atoms with Crippen molar-refractivity contribution in [2.24, 2.45) is 0 Å². The van der Waals surface area contributed by atoms with Crippen molar-refractivity contribution in [2.75, 3.05) is 35.7 Å². The first-order valence-electron chi connectivity index (χ1n) is 11.7. The van der Waals surface area contributed by atoms with E-state index in [1.807, 2.05) is 22.8 Å². The number of ether oxygens (including phenoxy) is 1. The number of hydrogen-bond acceptors (Lipinski definition) is 6. The number of nitrogens with zero attached hydrogens (tertiary/aromatic N) is 4. The average Bonchev–Trinajstić information content (AvgIpc) is 3.62. The van der Waals surface area contributed by atoms with Gasteiger partial charge in [-0.15, -0.1) is 10.2 Å². The largest absolute Gasteiger partial charge is 0.376 e. The zero-order chi connectivity index (χ0) is 23.3. The minimum atomic E-state index is -0.297. The van der Waals surface area contributed by atoms with Crippen LogP contribution in [0.2, 0.25) is 0 Å². The summed E-state index contributed by atoms with van der Waals surface area (Å²) < 4.78 is 21.3. The standard InChI is InChI=1S/C25H28FN5O2S/c26-19-11-9-18(10-12-19)24-28-29-25(31(24)16-20-6-5-15-33-20)34-17-23(32)27-21-7-1-2-8-22(21)30-13-3-4-14-30/h1-2,7-12,20H,3-6,13-17H2,(H,27,32)/t20-/m0/s1. The topological polar surface area (TPSA) is 72.3 Å². The van der Waals surface area contributed by atoms with E-state index in [1.54, 1.807) is 12.1 Å². The Balaban J connectivity index is 1.30. The minimum Gasteiger partial charge on any atom is -0.376 e. The summed E-state index contributed by atoms with van der Waals surface area (Å²) in [6.07, 6.45) is 4.43. The van der Waals surface area contributed by atoms with E-state index in [4.69, 9.17) is 4.74 Å². The number of carbonyl (C=O) groups is 1. The van der Waals surface area contributed by atoms with Crippen molar-refractivity contribution in [3.8, 4) is 11.4 Å². The molecule has 0 spiro atoms. The lowest BCUT2D eigenvalue weighted by molar-refractivity contribution is -0.113. The molecule has 0 unspecified atom stereocenters. The summed E-state index contributed by atoms with van der Waals surface area (Å²) in [6, 6.07) is 14.2. The Morgan fingerprint density at radius 1 is 1.09 bits per heavy atom. The third kappa shape index (κ3) is 5.26. The van der Waals surface area contributed by atoms with Gasteiger partial charge in [0.1, 0.15) is 5.82 Å². The Labute approximate surface area is 202 Å². The zero-order valence-electron chi connectivity index (χ0n) is 19.0. The van der Waals surface area contributed by atoms with Crippen LogP contribution in [0.5, 0.6) is 0 Å². The number of hydrogen-bond donors (Lipinski definition) is 1. The number of amides is 1. The zero-order valence-corrected chi connectivity index (χ0v) is 19.8. The number of benzene rings is 2. The summed E-state index contributed by atoms with van der Waals surface area (Å²) in [5, 5.41) is 12.4. The van der Waals surface area contributed by atoms with Gasteiger partial charge >= 0.3 is 0 Å². The molecule has 3 aromatic rings. The molecule has 5 rings (SSSR count). The first-order valence-corrected chi connectivity index (χ1v) is 12.7. The highest BCUT2D eigenvalue weighted by molar-refractivity contribution is 7.99. The maximum absolute atomic E-state index is 13.4. The number of thioether (sulfide) groups is 1. The second kappa shape index (κ2) is 10.6. The molecule has 1 atom stereocenters. The number of carbonyl (C=O) groups excluding carboxylic acids is 1. The van der Waals surface area contributed by atoms with Gasteiger partial charge in [-0.1, -0.05) is 23.9 Å². The molecule has 178 valence electrons. The molecule has 1 N–H and O–H groups in total. The van der Waals surface area contributed by atoms with Crippen LogP contribution in [0.15, 0.2) is 53.7 Å². The molecular weight excluding hydrogens is 453 g/mol. The number of rotatable bonds is 8. The van der Waals surface area contributed by atoms with Gasteiger partial charge in [0.05, 0.1) is 29.8 Å². The molecule has 1 aromatic heterocycles. The molecule has 9 heteroatoms. The Kier molecular flexibility index (Phi) is 7.10. The van der Waals surface area contributed by atoms with Gasteiger partial charge in [0, 0.05) is 25.3 Å². The van der Waals surface area contributed by atoms with Crippen molar-refractivity contribution in [1.29, 1.82) is 0 Å². The van der Waals surface area contributed by atoms with Crippen LogP contribution in [-0.2, 0) is 16.1 Å². The first kappa shape index (κ1) is 22.9. The Morgan fingerprint density at radius 2 is 1.88 bits per heavy atom. The summed E-state index contributed by atoms with van der Waals surface area (Å²) in [5.74, 6) is 0.473. The van der Waals surface area contributed by atoms with Crippen molar-refractivity contribution in [3.05, 3.63) is 54.3 Å². The van der Waals surface area contributed by atoms with Gasteiger partial charge in [-0.2, -0.15) is 0 Å². The van der Waals surface area contributed by atoms with Gasteiger partial charge in [-0.3, -0.25) is 9.36 Å². The van der Waals surface area contributed by atoms with E-state index >= 15 is 0 Å². The van der Waals surface area contributed by atoms with Gasteiger partial charge < -0.3 is 15.0 Å². The van der Waals surface area contributed by atoms with Crippen LogP contribution in [0.1, 0.15) is 25.7 Å². The van der Waals surface area contributed by atoms with Crippen molar-refractivity contribution in [2.45, 2.75) is 43.5 Å². The van der Waals surface area contributed by atoms with E-state index in [0.717, 1.165) is 49.5 Å². The molecule has 2 aliphatic heterocycles. The molecule has 2 fully saturated rings. The normalized spacial score (nSPS) is 17.9. The Hall–Kier alpha value is -2.91. The SMILES string of the molecule is O=C(CSc1nnc(-c2ccc(F)cc2)n1C[C@@H]1CCCO1)Nc1ccccc1N1CCCC1. The number of anilines is 2. The van der Waals surface area contributed by atoms with Gasteiger partial charge in [0.2, 0.25) is 5.91 Å². The summed E-state index contributed by atoms with van der Waals surface area (Å²) in [6.45, 7) is 3.38. The van der Waals surface area contributed by atoms with Crippen molar-refractivity contribution in [3.63, 3.8) is 0 Å². The highest BCUT2D eigenvalue weighted by Gasteiger charge is 2.23. The van der Waals surface area contributed by atoms with E-state index in [0.29, 0.717) is 17.5 Å². The van der Waals surface area contributed by atoms with Gasteiger partial charge in [-0.05, 0) is 62.1 Å². The lowest BCUT2D eigenvalue weighted by Crippen LogP contribution is -2.22. The highest BCUT2D eigenvalue weighted by atomic mass is 32.2.